The summed E-state index contributed by atoms with van der Waals surface area (Å²) in [6.45, 7) is 1.79. The molecule has 0 saturated heterocycles. The molecule has 1 aliphatic rings. The van der Waals surface area contributed by atoms with Crippen molar-refractivity contribution in [3.8, 4) is 0 Å². The number of hydrogen-bond donors (Lipinski definition) is 1. The maximum Gasteiger partial charge on any atom is 0.270 e. The molecular formula is C23H18F2N2O3S. The summed E-state index contributed by atoms with van der Waals surface area (Å²) in [6.07, 6.45) is 0. The Kier molecular flexibility index (Phi) is 5.32. The lowest BCUT2D eigenvalue weighted by molar-refractivity contribution is -0.112. The minimum absolute atomic E-state index is 0.0547. The van der Waals surface area contributed by atoms with Crippen LogP contribution < -0.4 is 9.62 Å². The number of sulfonamides is 1. The molecular weight excluding hydrogens is 422 g/mol. The monoisotopic (exact) mass is 440 g/mol. The van der Waals surface area contributed by atoms with Crippen molar-refractivity contribution in [2.45, 2.75) is 6.92 Å². The summed E-state index contributed by atoms with van der Waals surface area (Å²) in [5.41, 5.74) is 1.79. The van der Waals surface area contributed by atoms with E-state index in [1.807, 2.05) is 0 Å². The molecule has 0 bridgehead atoms. The number of anilines is 2. The molecule has 1 heterocycles. The van der Waals surface area contributed by atoms with Crippen LogP contribution in [0.3, 0.4) is 0 Å². The van der Waals surface area contributed by atoms with Crippen molar-refractivity contribution >= 4 is 32.9 Å². The molecule has 158 valence electrons. The SMILES string of the molecule is CCN1c2ccccc2C(c2ccccc2)=C(C(=O)Nc2ccc(F)c(F)c2)S1(=O)=O. The Balaban J connectivity index is 1.96. The van der Waals surface area contributed by atoms with E-state index in [9.17, 15) is 22.0 Å². The van der Waals surface area contributed by atoms with Crippen LogP contribution in [0.5, 0.6) is 0 Å². The van der Waals surface area contributed by atoms with Crippen molar-refractivity contribution in [3.63, 3.8) is 0 Å². The highest BCUT2D eigenvalue weighted by atomic mass is 32.2. The molecule has 1 N–H and O–H groups in total. The van der Waals surface area contributed by atoms with Crippen LogP contribution in [0.15, 0.2) is 77.7 Å². The largest absolute Gasteiger partial charge is 0.321 e. The molecule has 31 heavy (non-hydrogen) atoms. The molecule has 3 aromatic carbocycles. The highest BCUT2D eigenvalue weighted by Gasteiger charge is 2.40. The Labute approximate surface area is 178 Å². The second-order valence-corrected chi connectivity index (χ2v) is 8.64. The van der Waals surface area contributed by atoms with Gasteiger partial charge in [0.25, 0.3) is 15.9 Å². The number of nitrogens with zero attached hydrogens (tertiary/aromatic N) is 1. The predicted octanol–water partition coefficient (Wildman–Crippen LogP) is 4.53. The van der Waals surface area contributed by atoms with Crippen molar-refractivity contribution < 1.29 is 22.0 Å². The Morgan fingerprint density at radius 1 is 0.935 bits per heavy atom. The van der Waals surface area contributed by atoms with Gasteiger partial charge in [-0.05, 0) is 30.7 Å². The van der Waals surface area contributed by atoms with Gasteiger partial charge in [0.2, 0.25) is 0 Å². The first-order chi connectivity index (χ1) is 14.8. The number of amides is 1. The van der Waals surface area contributed by atoms with Crippen LogP contribution in [-0.2, 0) is 14.8 Å². The summed E-state index contributed by atoms with van der Waals surface area (Å²) in [6, 6.07) is 18.5. The first-order valence-corrected chi connectivity index (χ1v) is 11.0. The first-order valence-electron chi connectivity index (χ1n) is 9.53. The highest BCUT2D eigenvalue weighted by molar-refractivity contribution is 7.97. The average molecular weight is 440 g/mol. The van der Waals surface area contributed by atoms with Crippen LogP contribution in [-0.4, -0.2) is 20.9 Å². The Hall–Kier alpha value is -3.52. The van der Waals surface area contributed by atoms with Crippen LogP contribution in [0.4, 0.5) is 20.2 Å². The summed E-state index contributed by atoms with van der Waals surface area (Å²) < 4.78 is 55.1. The molecule has 3 aromatic rings. The minimum Gasteiger partial charge on any atom is -0.321 e. The lowest BCUT2D eigenvalue weighted by atomic mass is 9.95. The number of benzene rings is 3. The molecule has 0 spiro atoms. The van der Waals surface area contributed by atoms with E-state index in [-0.39, 0.29) is 17.8 Å². The van der Waals surface area contributed by atoms with Crippen molar-refractivity contribution in [2.75, 3.05) is 16.2 Å². The van der Waals surface area contributed by atoms with E-state index in [2.05, 4.69) is 5.32 Å². The lowest BCUT2D eigenvalue weighted by Gasteiger charge is -2.32. The van der Waals surface area contributed by atoms with Crippen molar-refractivity contribution in [1.82, 2.24) is 0 Å². The van der Waals surface area contributed by atoms with Gasteiger partial charge in [0.15, 0.2) is 16.5 Å². The number of para-hydroxylation sites is 1. The number of halogens is 2. The zero-order valence-corrected chi connectivity index (χ0v) is 17.3. The fraction of sp³-hybridized carbons (Fsp3) is 0.0870. The van der Waals surface area contributed by atoms with Crippen LogP contribution >= 0.6 is 0 Å². The summed E-state index contributed by atoms with van der Waals surface area (Å²) in [5, 5.41) is 2.40. The molecule has 8 heteroatoms. The molecule has 0 unspecified atom stereocenters. The van der Waals surface area contributed by atoms with Gasteiger partial charge in [-0.25, -0.2) is 17.2 Å². The van der Waals surface area contributed by atoms with Gasteiger partial charge in [-0.2, -0.15) is 0 Å². The average Bonchev–Trinajstić information content (AvgIpc) is 2.75. The van der Waals surface area contributed by atoms with Gasteiger partial charge in [0.05, 0.1) is 5.69 Å². The number of carbonyl (C=O) groups excluding carboxylic acids is 1. The molecule has 4 rings (SSSR count). The van der Waals surface area contributed by atoms with Gasteiger partial charge >= 0.3 is 0 Å². The fourth-order valence-electron chi connectivity index (χ4n) is 3.62. The van der Waals surface area contributed by atoms with E-state index in [0.717, 1.165) is 16.4 Å². The second kappa shape index (κ2) is 7.96. The predicted molar refractivity (Wildman–Crippen MR) is 116 cm³/mol. The number of hydrogen-bond acceptors (Lipinski definition) is 3. The quantitative estimate of drug-likeness (QED) is 0.648. The maximum absolute atomic E-state index is 13.6. The van der Waals surface area contributed by atoms with E-state index in [1.54, 1.807) is 61.5 Å². The van der Waals surface area contributed by atoms with E-state index >= 15 is 0 Å². The van der Waals surface area contributed by atoms with Gasteiger partial charge < -0.3 is 5.32 Å². The standard InChI is InChI=1S/C23H18F2N2O3S/c1-2-27-20-11-7-6-10-17(20)21(15-8-4-3-5-9-15)22(31(27,29)30)23(28)26-16-12-13-18(24)19(25)14-16/h3-14H,2H2,1H3,(H,26,28). The Morgan fingerprint density at radius 2 is 1.61 bits per heavy atom. The normalized spacial score (nSPS) is 14.9. The van der Waals surface area contributed by atoms with Crippen LogP contribution in [0.1, 0.15) is 18.1 Å². The molecule has 0 saturated carbocycles. The zero-order chi connectivity index (χ0) is 22.2. The molecule has 0 aliphatic carbocycles. The summed E-state index contributed by atoms with van der Waals surface area (Å²) in [4.78, 5) is 12.8. The second-order valence-electron chi connectivity index (χ2n) is 6.84. The van der Waals surface area contributed by atoms with E-state index < -0.39 is 32.5 Å². The number of carbonyl (C=O) groups is 1. The number of nitrogens with one attached hydrogen (secondary N) is 1. The zero-order valence-electron chi connectivity index (χ0n) is 16.5. The minimum atomic E-state index is -4.23. The van der Waals surface area contributed by atoms with Crippen LogP contribution in [0.2, 0.25) is 0 Å². The fourth-order valence-corrected chi connectivity index (χ4v) is 5.37. The van der Waals surface area contributed by atoms with Crippen molar-refractivity contribution in [2.24, 2.45) is 0 Å². The van der Waals surface area contributed by atoms with Gasteiger partial charge in [-0.3, -0.25) is 9.10 Å². The van der Waals surface area contributed by atoms with Gasteiger partial charge in [-0.1, -0.05) is 48.5 Å². The lowest BCUT2D eigenvalue weighted by Crippen LogP contribution is -2.39. The van der Waals surface area contributed by atoms with E-state index in [4.69, 9.17) is 0 Å². The van der Waals surface area contributed by atoms with Crippen molar-refractivity contribution in [3.05, 3.63) is 100 Å². The van der Waals surface area contributed by atoms with Crippen molar-refractivity contribution in [1.29, 1.82) is 0 Å². The van der Waals surface area contributed by atoms with Gasteiger partial charge in [0.1, 0.15) is 0 Å². The van der Waals surface area contributed by atoms with Gasteiger partial charge in [0, 0.05) is 29.4 Å². The molecule has 0 aromatic heterocycles. The number of rotatable bonds is 4. The van der Waals surface area contributed by atoms with E-state index in [1.165, 1.54) is 6.07 Å². The number of fused-ring (bicyclic) bond motifs is 1. The third-order valence-electron chi connectivity index (χ3n) is 4.95. The summed E-state index contributed by atoms with van der Waals surface area (Å²) in [7, 11) is -4.23. The van der Waals surface area contributed by atoms with Crippen LogP contribution in [0, 0.1) is 11.6 Å². The topological polar surface area (TPSA) is 66.5 Å². The summed E-state index contributed by atoms with van der Waals surface area (Å²) in [5.74, 6) is -3.15. The highest BCUT2D eigenvalue weighted by Crippen LogP contribution is 2.42. The molecule has 1 aliphatic heterocycles. The Morgan fingerprint density at radius 3 is 2.29 bits per heavy atom. The Bertz CT molecular complexity index is 1310. The third-order valence-corrected chi connectivity index (χ3v) is 6.89. The van der Waals surface area contributed by atoms with Gasteiger partial charge in [-0.15, -0.1) is 0 Å². The first kappa shape index (κ1) is 20.7. The molecule has 5 nitrogen and oxygen atoms in total. The maximum atomic E-state index is 13.6. The smallest absolute Gasteiger partial charge is 0.270 e. The summed E-state index contributed by atoms with van der Waals surface area (Å²) >= 11 is 0. The molecule has 0 fully saturated rings. The third kappa shape index (κ3) is 3.59. The van der Waals surface area contributed by atoms with Crippen LogP contribution in [0.25, 0.3) is 5.57 Å². The molecule has 0 atom stereocenters. The van der Waals surface area contributed by atoms with E-state index in [0.29, 0.717) is 16.8 Å². The molecule has 1 amide bonds. The molecule has 0 radical (unpaired) electrons.